The van der Waals surface area contributed by atoms with Crippen LogP contribution in [0.4, 0.5) is 33.2 Å². The van der Waals surface area contributed by atoms with Crippen LogP contribution >= 0.6 is 0 Å². The van der Waals surface area contributed by atoms with Crippen molar-refractivity contribution in [2.24, 2.45) is 0 Å². The Labute approximate surface area is 230 Å². The van der Waals surface area contributed by atoms with Crippen molar-refractivity contribution >= 4 is 51.7 Å². The first kappa shape index (κ1) is 26.9. The number of hydrogen-bond acceptors (Lipinski definition) is 8. The summed E-state index contributed by atoms with van der Waals surface area (Å²) in [7, 11) is 6.74. The standard InChI is InChI=1S/C28H31FN8O3/c1-15-11-16-12-22(40-5)20(13-21(16)37(15)23(38)14-36(3)4)33-28-34-25-17(9-10-31-25)26(35-28)32-19-8-6-7-18(29)24(19)27(39)30-2/h6-10,12-13,15H,11,14H2,1-5H3,(H,30,39)(H3,31,32,33,34,35)/t15-/m0/s1. The minimum atomic E-state index is -0.660. The third-order valence-corrected chi connectivity index (χ3v) is 6.72. The molecule has 0 aliphatic carbocycles. The van der Waals surface area contributed by atoms with Gasteiger partial charge in [0.1, 0.15) is 23.0 Å². The number of nitrogens with zero attached hydrogens (tertiary/aromatic N) is 4. The van der Waals surface area contributed by atoms with Crippen molar-refractivity contribution in [3.8, 4) is 5.75 Å². The van der Waals surface area contributed by atoms with E-state index in [1.165, 1.54) is 19.2 Å². The van der Waals surface area contributed by atoms with E-state index in [9.17, 15) is 14.0 Å². The Balaban J connectivity index is 1.53. The van der Waals surface area contributed by atoms with E-state index in [1.54, 1.807) is 25.4 Å². The number of ether oxygens (including phenoxy) is 1. The lowest BCUT2D eigenvalue weighted by atomic mass is 10.1. The summed E-state index contributed by atoms with van der Waals surface area (Å²) in [5.41, 5.74) is 3.04. The first-order valence-electron chi connectivity index (χ1n) is 12.8. The molecular weight excluding hydrogens is 515 g/mol. The number of fused-ring (bicyclic) bond motifs is 2. The molecule has 11 nitrogen and oxygen atoms in total. The SMILES string of the molecule is CNC(=O)c1c(F)cccc1Nc1nc(Nc2cc3c(cc2OC)C[C@H](C)N3C(=O)CN(C)C)nc2[nH]ccc12. The summed E-state index contributed by atoms with van der Waals surface area (Å²) in [5.74, 6) is -0.0577. The molecule has 2 aromatic heterocycles. The fourth-order valence-corrected chi connectivity index (χ4v) is 4.96. The smallest absolute Gasteiger partial charge is 0.256 e. The number of benzene rings is 2. The molecule has 40 heavy (non-hydrogen) atoms. The van der Waals surface area contributed by atoms with Crippen molar-refractivity contribution in [1.29, 1.82) is 0 Å². The van der Waals surface area contributed by atoms with Gasteiger partial charge < -0.3 is 35.5 Å². The Bertz CT molecular complexity index is 1600. The quantitative estimate of drug-likeness (QED) is 0.263. The van der Waals surface area contributed by atoms with Gasteiger partial charge in [-0.05, 0) is 63.3 Å². The summed E-state index contributed by atoms with van der Waals surface area (Å²) in [6, 6.07) is 9.92. The molecule has 0 saturated heterocycles. The van der Waals surface area contributed by atoms with Gasteiger partial charge in [-0.15, -0.1) is 0 Å². The minimum Gasteiger partial charge on any atom is -0.495 e. The first-order chi connectivity index (χ1) is 19.2. The van der Waals surface area contributed by atoms with Crippen molar-refractivity contribution in [2.75, 3.05) is 50.3 Å². The molecule has 2 amide bonds. The second-order valence-corrected chi connectivity index (χ2v) is 9.86. The Morgan fingerprint density at radius 3 is 2.70 bits per heavy atom. The molecule has 1 aliphatic rings. The summed E-state index contributed by atoms with van der Waals surface area (Å²) in [6.07, 6.45) is 2.43. The molecule has 0 spiro atoms. The van der Waals surface area contributed by atoms with Crippen LogP contribution < -0.4 is 25.6 Å². The van der Waals surface area contributed by atoms with E-state index in [0.29, 0.717) is 41.3 Å². The lowest BCUT2D eigenvalue weighted by Crippen LogP contribution is -2.41. The van der Waals surface area contributed by atoms with E-state index in [-0.39, 0.29) is 29.1 Å². The predicted molar refractivity (Wildman–Crippen MR) is 152 cm³/mol. The van der Waals surface area contributed by atoms with Crippen LogP contribution in [-0.2, 0) is 11.2 Å². The van der Waals surface area contributed by atoms with Gasteiger partial charge in [0.15, 0.2) is 0 Å². The highest BCUT2D eigenvalue weighted by atomic mass is 19.1. The third kappa shape index (κ3) is 5.00. The number of nitrogens with one attached hydrogen (secondary N) is 4. The number of hydrogen-bond donors (Lipinski definition) is 4. The fourth-order valence-electron chi connectivity index (χ4n) is 4.96. The molecule has 1 aliphatic heterocycles. The van der Waals surface area contributed by atoms with Gasteiger partial charge in [-0.2, -0.15) is 9.97 Å². The Morgan fingerprint density at radius 2 is 1.98 bits per heavy atom. The molecule has 12 heteroatoms. The number of H-pyrrole nitrogens is 1. The monoisotopic (exact) mass is 546 g/mol. The molecule has 3 heterocycles. The molecular formula is C28H31FN8O3. The molecule has 0 fully saturated rings. The molecule has 5 rings (SSSR count). The molecule has 4 N–H and O–H groups in total. The van der Waals surface area contributed by atoms with Crippen LogP contribution in [-0.4, -0.2) is 72.5 Å². The predicted octanol–water partition coefficient (Wildman–Crippen LogP) is 3.79. The third-order valence-electron chi connectivity index (χ3n) is 6.72. The molecule has 0 bridgehead atoms. The Kier molecular flexibility index (Phi) is 7.26. The highest BCUT2D eigenvalue weighted by molar-refractivity contribution is 6.02. The van der Waals surface area contributed by atoms with E-state index in [4.69, 9.17) is 4.74 Å². The zero-order chi connectivity index (χ0) is 28.6. The topological polar surface area (TPSA) is 128 Å². The maximum atomic E-state index is 14.6. The lowest BCUT2D eigenvalue weighted by molar-refractivity contribution is -0.119. The zero-order valence-corrected chi connectivity index (χ0v) is 22.9. The number of halogens is 1. The van der Waals surface area contributed by atoms with Crippen LogP contribution in [0.5, 0.6) is 5.75 Å². The maximum absolute atomic E-state index is 14.6. The van der Waals surface area contributed by atoms with E-state index >= 15 is 0 Å². The van der Waals surface area contributed by atoms with Crippen molar-refractivity contribution in [2.45, 2.75) is 19.4 Å². The number of amides is 2. The molecule has 2 aromatic carbocycles. The second-order valence-electron chi connectivity index (χ2n) is 9.86. The minimum absolute atomic E-state index is 0.00456. The van der Waals surface area contributed by atoms with Crippen molar-refractivity contribution in [3.05, 3.63) is 59.5 Å². The fraction of sp³-hybridized carbons (Fsp3) is 0.286. The molecule has 0 unspecified atom stereocenters. The summed E-state index contributed by atoms with van der Waals surface area (Å²) in [5, 5.41) is 9.44. The van der Waals surface area contributed by atoms with Gasteiger partial charge in [0.05, 0.1) is 36.0 Å². The zero-order valence-electron chi connectivity index (χ0n) is 22.9. The molecule has 0 saturated carbocycles. The van der Waals surface area contributed by atoms with E-state index in [1.807, 2.05) is 43.0 Å². The summed E-state index contributed by atoms with van der Waals surface area (Å²) in [6.45, 7) is 2.31. The Morgan fingerprint density at radius 1 is 1.18 bits per heavy atom. The number of anilines is 5. The van der Waals surface area contributed by atoms with Gasteiger partial charge in [-0.3, -0.25) is 9.59 Å². The lowest BCUT2D eigenvalue weighted by Gasteiger charge is -2.25. The van der Waals surface area contributed by atoms with Crippen LogP contribution in [0.1, 0.15) is 22.8 Å². The highest BCUT2D eigenvalue weighted by Crippen LogP contribution is 2.41. The Hall–Kier alpha value is -4.71. The highest BCUT2D eigenvalue weighted by Gasteiger charge is 2.32. The maximum Gasteiger partial charge on any atom is 0.256 e. The molecule has 4 aromatic rings. The number of rotatable bonds is 8. The van der Waals surface area contributed by atoms with Crippen LogP contribution in [0.15, 0.2) is 42.6 Å². The summed E-state index contributed by atoms with van der Waals surface area (Å²) >= 11 is 0. The van der Waals surface area contributed by atoms with Gasteiger partial charge in [-0.1, -0.05) is 6.07 Å². The number of aromatic nitrogens is 3. The number of likely N-dealkylation sites (N-methyl/N-ethyl adjacent to an activating group) is 1. The van der Waals surface area contributed by atoms with Gasteiger partial charge in [0, 0.05) is 25.0 Å². The first-order valence-corrected chi connectivity index (χ1v) is 12.8. The van der Waals surface area contributed by atoms with E-state index in [2.05, 4.69) is 30.9 Å². The molecule has 208 valence electrons. The van der Waals surface area contributed by atoms with Crippen molar-refractivity contribution < 1.29 is 18.7 Å². The summed E-state index contributed by atoms with van der Waals surface area (Å²) < 4.78 is 20.3. The average molecular weight is 547 g/mol. The van der Waals surface area contributed by atoms with Crippen molar-refractivity contribution in [3.63, 3.8) is 0 Å². The second kappa shape index (κ2) is 10.8. The van der Waals surface area contributed by atoms with Crippen molar-refractivity contribution in [1.82, 2.24) is 25.2 Å². The van der Waals surface area contributed by atoms with Crippen LogP contribution in [0.25, 0.3) is 11.0 Å². The van der Waals surface area contributed by atoms with Gasteiger partial charge in [0.25, 0.3) is 5.91 Å². The van der Waals surface area contributed by atoms with Crippen LogP contribution in [0.2, 0.25) is 0 Å². The van der Waals surface area contributed by atoms with Gasteiger partial charge >= 0.3 is 0 Å². The average Bonchev–Trinajstić information content (AvgIpc) is 3.51. The van der Waals surface area contributed by atoms with Gasteiger partial charge in [0.2, 0.25) is 11.9 Å². The van der Waals surface area contributed by atoms with Crippen LogP contribution in [0.3, 0.4) is 0 Å². The summed E-state index contributed by atoms with van der Waals surface area (Å²) in [4.78, 5) is 41.4. The number of carbonyl (C=O) groups is 2. The molecule has 1 atom stereocenters. The van der Waals surface area contributed by atoms with E-state index < -0.39 is 11.7 Å². The number of aromatic amines is 1. The largest absolute Gasteiger partial charge is 0.495 e. The van der Waals surface area contributed by atoms with E-state index in [0.717, 1.165) is 11.3 Å². The number of methoxy groups -OCH3 is 1. The molecule has 0 radical (unpaired) electrons. The normalized spacial score (nSPS) is 14.4. The van der Waals surface area contributed by atoms with Gasteiger partial charge in [-0.25, -0.2) is 4.39 Å². The van der Waals surface area contributed by atoms with Crippen LogP contribution in [0, 0.1) is 5.82 Å². The number of carbonyl (C=O) groups excluding carboxylic acids is 2.